The predicted molar refractivity (Wildman–Crippen MR) is 133 cm³/mol. The molecule has 4 rings (SSSR count). The van der Waals surface area contributed by atoms with Crippen molar-refractivity contribution in [1.29, 1.82) is 0 Å². The maximum atomic E-state index is 13.4. The summed E-state index contributed by atoms with van der Waals surface area (Å²) < 4.78 is 5.20. The number of pyridine rings is 1. The topological polar surface area (TPSA) is 112 Å². The molecule has 2 aliphatic rings. The fraction of sp³-hybridized carbons (Fsp3) is 0.481. The van der Waals surface area contributed by atoms with Crippen molar-refractivity contribution in [3.05, 3.63) is 48.3 Å². The molecule has 2 atom stereocenters. The second-order valence-corrected chi connectivity index (χ2v) is 9.64. The van der Waals surface area contributed by atoms with Crippen LogP contribution in [0.2, 0.25) is 0 Å². The van der Waals surface area contributed by atoms with Crippen LogP contribution in [-0.4, -0.2) is 64.6 Å². The van der Waals surface area contributed by atoms with Gasteiger partial charge in [-0.05, 0) is 42.5 Å². The first-order valence-corrected chi connectivity index (χ1v) is 12.6. The van der Waals surface area contributed by atoms with E-state index in [1.165, 1.54) is 5.01 Å². The molecule has 0 unspecified atom stereocenters. The number of hydrazine groups is 1. The van der Waals surface area contributed by atoms with E-state index in [9.17, 15) is 19.6 Å². The number of Topliss-reactive ketones (excluding diaryl/α,β-unsaturated/α-hetero) is 1. The van der Waals surface area contributed by atoms with Crippen LogP contribution in [0.15, 0.2) is 42.6 Å². The van der Waals surface area contributed by atoms with E-state index in [1.807, 2.05) is 36.4 Å². The van der Waals surface area contributed by atoms with Crippen molar-refractivity contribution in [1.82, 2.24) is 20.5 Å². The fourth-order valence-electron chi connectivity index (χ4n) is 5.24. The van der Waals surface area contributed by atoms with Gasteiger partial charge in [-0.1, -0.05) is 43.9 Å². The molecule has 36 heavy (non-hydrogen) atoms. The van der Waals surface area contributed by atoms with E-state index >= 15 is 0 Å². The smallest absolute Gasteiger partial charge is 0.242 e. The van der Waals surface area contributed by atoms with Gasteiger partial charge in [-0.2, -0.15) is 0 Å². The molecular weight excluding hydrogens is 460 g/mol. The van der Waals surface area contributed by atoms with Crippen LogP contribution in [0.5, 0.6) is 5.75 Å². The molecule has 192 valence electrons. The SMILES string of the molecule is COc1ccc(-c2ccc(CC(=O)[C@@H]3CCNN3C(=O)[C@H](CC3CCCC3)CN(O)C=O)nc2)cc1. The summed E-state index contributed by atoms with van der Waals surface area (Å²) in [6.07, 6.45) is 7.65. The van der Waals surface area contributed by atoms with E-state index < -0.39 is 12.0 Å². The molecule has 2 fully saturated rings. The zero-order valence-electron chi connectivity index (χ0n) is 20.6. The summed E-state index contributed by atoms with van der Waals surface area (Å²) in [6.45, 7) is 0.435. The van der Waals surface area contributed by atoms with Gasteiger partial charge in [0.05, 0.1) is 26.0 Å². The lowest BCUT2D eigenvalue weighted by molar-refractivity contribution is -0.159. The quantitative estimate of drug-likeness (QED) is 0.281. The molecule has 2 amide bonds. The zero-order valence-corrected chi connectivity index (χ0v) is 20.6. The van der Waals surface area contributed by atoms with Gasteiger partial charge in [0.1, 0.15) is 11.8 Å². The first-order valence-electron chi connectivity index (χ1n) is 12.6. The molecule has 9 nitrogen and oxygen atoms in total. The van der Waals surface area contributed by atoms with Crippen LogP contribution in [0.25, 0.3) is 11.1 Å². The van der Waals surface area contributed by atoms with Gasteiger partial charge >= 0.3 is 0 Å². The van der Waals surface area contributed by atoms with Crippen molar-refractivity contribution in [2.45, 2.75) is 51.0 Å². The van der Waals surface area contributed by atoms with E-state index in [2.05, 4.69) is 10.4 Å². The van der Waals surface area contributed by atoms with Gasteiger partial charge in [-0.25, -0.2) is 10.5 Å². The Hall–Kier alpha value is -3.30. The van der Waals surface area contributed by atoms with Crippen LogP contribution >= 0.6 is 0 Å². The van der Waals surface area contributed by atoms with Crippen LogP contribution < -0.4 is 10.2 Å². The number of ketones is 1. The molecule has 2 aromatic rings. The van der Waals surface area contributed by atoms with Gasteiger partial charge in [-0.3, -0.25) is 29.6 Å². The second-order valence-electron chi connectivity index (χ2n) is 9.64. The lowest BCUT2D eigenvalue weighted by atomic mass is 9.91. The van der Waals surface area contributed by atoms with Crippen LogP contribution in [0, 0.1) is 11.8 Å². The average molecular weight is 495 g/mol. The molecule has 0 bridgehead atoms. The van der Waals surface area contributed by atoms with Crippen LogP contribution in [0.4, 0.5) is 0 Å². The minimum atomic E-state index is -0.602. The Morgan fingerprint density at radius 2 is 1.89 bits per heavy atom. The summed E-state index contributed by atoms with van der Waals surface area (Å²) in [6, 6.07) is 10.8. The Kier molecular flexibility index (Phi) is 8.66. The molecule has 0 spiro atoms. The first kappa shape index (κ1) is 25.8. The van der Waals surface area contributed by atoms with E-state index in [4.69, 9.17) is 4.74 Å². The Morgan fingerprint density at radius 1 is 1.17 bits per heavy atom. The fourth-order valence-corrected chi connectivity index (χ4v) is 5.24. The van der Waals surface area contributed by atoms with Gasteiger partial charge in [0, 0.05) is 24.0 Å². The van der Waals surface area contributed by atoms with E-state index in [0.717, 1.165) is 42.6 Å². The van der Waals surface area contributed by atoms with E-state index in [1.54, 1.807) is 13.3 Å². The lowest BCUT2D eigenvalue weighted by Crippen LogP contribution is -2.51. The highest BCUT2D eigenvalue weighted by molar-refractivity contribution is 5.91. The number of nitrogens with zero attached hydrogens (tertiary/aromatic N) is 3. The van der Waals surface area contributed by atoms with Crippen molar-refractivity contribution in [3.63, 3.8) is 0 Å². The molecule has 1 aliphatic heterocycles. The van der Waals surface area contributed by atoms with Crippen molar-refractivity contribution in [3.8, 4) is 16.9 Å². The number of ether oxygens (including phenoxy) is 1. The van der Waals surface area contributed by atoms with E-state index in [0.29, 0.717) is 42.5 Å². The minimum Gasteiger partial charge on any atom is -0.497 e. The van der Waals surface area contributed by atoms with E-state index in [-0.39, 0.29) is 24.7 Å². The third-order valence-electron chi connectivity index (χ3n) is 7.20. The highest BCUT2D eigenvalue weighted by Crippen LogP contribution is 2.32. The Labute approximate surface area is 211 Å². The number of rotatable bonds is 11. The molecule has 0 radical (unpaired) electrons. The second kappa shape index (κ2) is 12.1. The number of hydroxylamine groups is 2. The number of carbonyl (C=O) groups is 3. The molecule has 1 saturated heterocycles. The molecule has 2 heterocycles. The van der Waals surface area contributed by atoms with Crippen molar-refractivity contribution in [2.24, 2.45) is 11.8 Å². The summed E-state index contributed by atoms with van der Waals surface area (Å²) >= 11 is 0. The van der Waals surface area contributed by atoms with Gasteiger partial charge in [-0.15, -0.1) is 0 Å². The van der Waals surface area contributed by atoms with Crippen LogP contribution in [0.1, 0.15) is 44.2 Å². The lowest BCUT2D eigenvalue weighted by Gasteiger charge is -2.29. The van der Waals surface area contributed by atoms with Gasteiger partial charge in [0.15, 0.2) is 5.78 Å². The number of aromatic nitrogens is 1. The number of carbonyl (C=O) groups excluding carboxylic acids is 3. The highest BCUT2D eigenvalue weighted by Gasteiger charge is 2.38. The summed E-state index contributed by atoms with van der Waals surface area (Å²) in [4.78, 5) is 42.1. The molecule has 1 aliphatic carbocycles. The van der Waals surface area contributed by atoms with Crippen molar-refractivity contribution < 1.29 is 24.3 Å². The Bertz CT molecular complexity index is 1040. The number of benzene rings is 1. The number of nitrogens with one attached hydrogen (secondary N) is 1. The number of methoxy groups -OCH3 is 1. The molecule has 2 N–H and O–H groups in total. The maximum Gasteiger partial charge on any atom is 0.242 e. The van der Waals surface area contributed by atoms with Crippen molar-refractivity contribution >= 4 is 18.1 Å². The van der Waals surface area contributed by atoms with Gasteiger partial charge in [0.25, 0.3) is 0 Å². The normalized spacial score (nSPS) is 18.7. The summed E-state index contributed by atoms with van der Waals surface area (Å²) in [5, 5.41) is 11.7. The van der Waals surface area contributed by atoms with Crippen molar-refractivity contribution in [2.75, 3.05) is 20.2 Å². The zero-order chi connectivity index (χ0) is 25.5. The third-order valence-corrected chi connectivity index (χ3v) is 7.20. The number of amides is 2. The highest BCUT2D eigenvalue weighted by atomic mass is 16.5. The standard InChI is InChI=1S/C27H34N4O5/c1-36-24-10-7-20(8-11-24)21-6-9-23(28-16-21)15-26(33)25-12-13-29-31(25)27(34)22(17-30(35)18-32)14-19-4-2-3-5-19/h6-11,16,18-19,22,25,29,35H,2-5,12-15,17H2,1H3/t22-,25+/m1/s1. The predicted octanol–water partition coefficient (Wildman–Crippen LogP) is 3.02. The largest absolute Gasteiger partial charge is 0.497 e. The molecule has 9 heteroatoms. The minimum absolute atomic E-state index is 0.0771. The summed E-state index contributed by atoms with van der Waals surface area (Å²) in [7, 11) is 1.62. The molecular formula is C27H34N4O5. The first-order chi connectivity index (χ1) is 17.5. The summed E-state index contributed by atoms with van der Waals surface area (Å²) in [5.41, 5.74) is 5.63. The molecule has 1 aromatic heterocycles. The van der Waals surface area contributed by atoms with Gasteiger partial charge in [0.2, 0.25) is 12.3 Å². The average Bonchev–Trinajstić information content (AvgIpc) is 3.61. The Morgan fingerprint density at radius 3 is 2.53 bits per heavy atom. The van der Waals surface area contributed by atoms with Crippen LogP contribution in [-0.2, 0) is 20.8 Å². The van der Waals surface area contributed by atoms with Gasteiger partial charge < -0.3 is 4.74 Å². The Balaban J connectivity index is 1.41. The number of hydrogen-bond donors (Lipinski definition) is 2. The maximum absolute atomic E-state index is 13.4. The molecule has 1 saturated carbocycles. The number of hydrogen-bond acceptors (Lipinski definition) is 7. The summed E-state index contributed by atoms with van der Waals surface area (Å²) in [5.74, 6) is 0.271. The monoisotopic (exact) mass is 494 g/mol. The van der Waals surface area contributed by atoms with Crippen LogP contribution in [0.3, 0.4) is 0 Å². The third kappa shape index (κ3) is 6.27. The molecule has 1 aromatic carbocycles.